The lowest BCUT2D eigenvalue weighted by Crippen LogP contribution is -2.03. The van der Waals surface area contributed by atoms with Crippen LogP contribution in [0.25, 0.3) is 10.8 Å². The molecule has 0 unspecified atom stereocenters. The van der Waals surface area contributed by atoms with Crippen LogP contribution in [0, 0.1) is 13.8 Å². The van der Waals surface area contributed by atoms with E-state index < -0.39 is 0 Å². The van der Waals surface area contributed by atoms with Gasteiger partial charge in [0.1, 0.15) is 5.75 Å². The summed E-state index contributed by atoms with van der Waals surface area (Å²) in [6.07, 6.45) is 5.13. The van der Waals surface area contributed by atoms with E-state index >= 15 is 0 Å². The van der Waals surface area contributed by atoms with E-state index in [1.807, 2.05) is 74.6 Å². The second kappa shape index (κ2) is 8.72. The van der Waals surface area contributed by atoms with Gasteiger partial charge in [0, 0.05) is 28.2 Å². The number of aromatic hydroxyl groups is 1. The number of hydrogen-bond donors (Lipinski definition) is 1. The van der Waals surface area contributed by atoms with E-state index in [1.165, 1.54) is 11.8 Å². The standard InChI is InChI=1S/C26H23NO2S/c1-17-12-19(13-18(2)25(17)28)8-9-21-14-22-16-27-11-10-20(22)15-24(21)26(29)30-23-6-4-3-5-7-23/h3-7,10-16,28H,8-9H2,1-2H3. The smallest absolute Gasteiger partial charge is 0.224 e. The predicted molar refractivity (Wildman–Crippen MR) is 123 cm³/mol. The van der Waals surface area contributed by atoms with Crippen molar-refractivity contribution in [3.63, 3.8) is 0 Å². The van der Waals surface area contributed by atoms with Crippen LogP contribution in [0.1, 0.15) is 32.6 Å². The zero-order valence-corrected chi connectivity index (χ0v) is 17.9. The third-order valence-corrected chi connectivity index (χ3v) is 6.18. The lowest BCUT2D eigenvalue weighted by atomic mass is 9.95. The Morgan fingerprint density at radius 2 is 1.67 bits per heavy atom. The monoisotopic (exact) mass is 413 g/mol. The number of hydrogen-bond acceptors (Lipinski definition) is 4. The molecule has 4 rings (SSSR count). The summed E-state index contributed by atoms with van der Waals surface area (Å²) in [6, 6.07) is 19.8. The number of benzene rings is 3. The summed E-state index contributed by atoms with van der Waals surface area (Å²) in [7, 11) is 0. The summed E-state index contributed by atoms with van der Waals surface area (Å²) < 4.78 is 0. The number of fused-ring (bicyclic) bond motifs is 1. The van der Waals surface area contributed by atoms with E-state index in [-0.39, 0.29) is 5.12 Å². The number of carbonyl (C=O) groups excluding carboxylic acids is 1. The molecule has 0 saturated heterocycles. The molecule has 4 heteroatoms. The van der Waals surface area contributed by atoms with Gasteiger partial charge in [0.2, 0.25) is 5.12 Å². The quantitative estimate of drug-likeness (QED) is 0.392. The van der Waals surface area contributed by atoms with E-state index in [2.05, 4.69) is 11.1 Å². The molecule has 0 aliphatic rings. The summed E-state index contributed by atoms with van der Waals surface area (Å²) in [5, 5.41) is 12.1. The van der Waals surface area contributed by atoms with Crippen LogP contribution in [0.4, 0.5) is 0 Å². The molecule has 0 amide bonds. The fourth-order valence-corrected chi connectivity index (χ4v) is 4.51. The van der Waals surface area contributed by atoms with Gasteiger partial charge in [0.15, 0.2) is 0 Å². The number of phenolic OH excluding ortho intramolecular Hbond substituents is 1. The molecule has 3 nitrogen and oxygen atoms in total. The second-order valence-electron chi connectivity index (χ2n) is 7.51. The Morgan fingerprint density at radius 1 is 0.933 bits per heavy atom. The highest BCUT2D eigenvalue weighted by Gasteiger charge is 2.15. The molecule has 1 heterocycles. The minimum atomic E-state index is 0.0491. The van der Waals surface area contributed by atoms with Crippen LogP contribution in [-0.2, 0) is 12.8 Å². The Kier molecular flexibility index (Phi) is 5.86. The minimum absolute atomic E-state index is 0.0491. The number of rotatable bonds is 5. The zero-order valence-electron chi connectivity index (χ0n) is 17.1. The Balaban J connectivity index is 1.67. The van der Waals surface area contributed by atoms with E-state index in [4.69, 9.17) is 0 Å². The number of aromatic nitrogens is 1. The van der Waals surface area contributed by atoms with E-state index in [0.29, 0.717) is 5.75 Å². The number of aryl methyl sites for hydroxylation is 4. The molecule has 0 bridgehead atoms. The number of carbonyl (C=O) groups is 1. The van der Waals surface area contributed by atoms with Crippen molar-refractivity contribution in [3.05, 3.63) is 101 Å². The van der Waals surface area contributed by atoms with Crippen LogP contribution in [0.2, 0.25) is 0 Å². The van der Waals surface area contributed by atoms with Gasteiger partial charge in [0.05, 0.1) is 0 Å². The molecule has 1 aromatic heterocycles. The molecule has 0 fully saturated rings. The molecule has 0 radical (unpaired) electrons. The molecule has 0 aliphatic carbocycles. The topological polar surface area (TPSA) is 50.2 Å². The predicted octanol–water partition coefficient (Wildman–Crippen LogP) is 6.27. The lowest BCUT2D eigenvalue weighted by molar-refractivity contribution is 0.108. The molecule has 3 aromatic carbocycles. The van der Waals surface area contributed by atoms with Gasteiger partial charge in [-0.1, -0.05) is 30.3 Å². The van der Waals surface area contributed by atoms with Crippen LogP contribution in [0.15, 0.2) is 78.0 Å². The molecule has 150 valence electrons. The van der Waals surface area contributed by atoms with E-state index in [0.717, 1.165) is 56.3 Å². The molecule has 0 saturated carbocycles. The number of pyridine rings is 1. The van der Waals surface area contributed by atoms with Crippen LogP contribution in [0.5, 0.6) is 5.75 Å². The average molecular weight is 414 g/mol. The normalized spacial score (nSPS) is 11.0. The van der Waals surface area contributed by atoms with Gasteiger partial charge < -0.3 is 5.11 Å². The fourth-order valence-electron chi connectivity index (χ4n) is 3.70. The van der Waals surface area contributed by atoms with Crippen LogP contribution in [-0.4, -0.2) is 15.2 Å². The summed E-state index contributed by atoms with van der Waals surface area (Å²) in [6.45, 7) is 3.83. The van der Waals surface area contributed by atoms with Gasteiger partial charge in [-0.05, 0) is 96.4 Å². The van der Waals surface area contributed by atoms with E-state index in [9.17, 15) is 9.90 Å². The molecule has 1 N–H and O–H groups in total. The van der Waals surface area contributed by atoms with Crippen molar-refractivity contribution in [2.45, 2.75) is 31.6 Å². The largest absolute Gasteiger partial charge is 0.507 e. The molecule has 0 aliphatic heterocycles. The highest BCUT2D eigenvalue weighted by Crippen LogP contribution is 2.29. The van der Waals surface area contributed by atoms with Gasteiger partial charge in [-0.3, -0.25) is 9.78 Å². The van der Waals surface area contributed by atoms with Crippen molar-refractivity contribution >= 4 is 27.6 Å². The van der Waals surface area contributed by atoms with Crippen molar-refractivity contribution in [1.29, 1.82) is 0 Å². The summed E-state index contributed by atoms with van der Waals surface area (Å²) in [5.41, 5.74) is 4.68. The Bertz CT molecular complexity index is 1200. The zero-order chi connectivity index (χ0) is 21.1. The summed E-state index contributed by atoms with van der Waals surface area (Å²) in [5.74, 6) is 0.352. The minimum Gasteiger partial charge on any atom is -0.507 e. The SMILES string of the molecule is Cc1cc(CCc2cc3cnccc3cc2C(=O)Sc2ccccc2)cc(C)c1O. The third-order valence-electron chi connectivity index (χ3n) is 5.27. The molecule has 30 heavy (non-hydrogen) atoms. The first kappa shape index (κ1) is 20.2. The number of thioether (sulfide) groups is 1. The first-order valence-corrected chi connectivity index (χ1v) is 10.8. The highest BCUT2D eigenvalue weighted by molar-refractivity contribution is 8.14. The van der Waals surface area contributed by atoms with Gasteiger partial charge in [0.25, 0.3) is 0 Å². The maximum absolute atomic E-state index is 13.2. The van der Waals surface area contributed by atoms with Crippen molar-refractivity contribution in [1.82, 2.24) is 4.98 Å². The van der Waals surface area contributed by atoms with Gasteiger partial charge in [-0.25, -0.2) is 0 Å². The van der Waals surface area contributed by atoms with Gasteiger partial charge >= 0.3 is 0 Å². The Morgan fingerprint density at radius 3 is 2.40 bits per heavy atom. The van der Waals surface area contributed by atoms with E-state index in [1.54, 1.807) is 6.20 Å². The molecular formula is C26H23NO2S. The first-order chi connectivity index (χ1) is 14.5. The maximum atomic E-state index is 13.2. The van der Waals surface area contributed by atoms with Crippen molar-refractivity contribution in [2.75, 3.05) is 0 Å². The maximum Gasteiger partial charge on any atom is 0.224 e. The van der Waals surface area contributed by atoms with Crippen molar-refractivity contribution in [3.8, 4) is 5.75 Å². The second-order valence-corrected chi connectivity index (χ2v) is 8.56. The van der Waals surface area contributed by atoms with Crippen LogP contribution < -0.4 is 0 Å². The average Bonchev–Trinajstić information content (AvgIpc) is 2.76. The van der Waals surface area contributed by atoms with Crippen molar-refractivity contribution in [2.24, 2.45) is 0 Å². The third kappa shape index (κ3) is 4.39. The number of phenols is 1. The molecule has 4 aromatic rings. The molecule has 0 spiro atoms. The summed E-state index contributed by atoms with van der Waals surface area (Å²) >= 11 is 1.26. The van der Waals surface area contributed by atoms with Gasteiger partial charge in [-0.2, -0.15) is 0 Å². The van der Waals surface area contributed by atoms with Gasteiger partial charge in [-0.15, -0.1) is 0 Å². The van der Waals surface area contributed by atoms with Crippen molar-refractivity contribution < 1.29 is 9.90 Å². The Labute approximate surface area is 180 Å². The van der Waals surface area contributed by atoms with Crippen LogP contribution >= 0.6 is 11.8 Å². The lowest BCUT2D eigenvalue weighted by Gasteiger charge is -2.12. The first-order valence-electron chi connectivity index (χ1n) is 9.94. The Hall–Kier alpha value is -3.11. The molecule has 0 atom stereocenters. The summed E-state index contributed by atoms with van der Waals surface area (Å²) in [4.78, 5) is 18.3. The number of nitrogens with zero attached hydrogens (tertiary/aromatic N) is 1. The highest BCUT2D eigenvalue weighted by atomic mass is 32.2. The fraction of sp³-hybridized carbons (Fsp3) is 0.154. The van der Waals surface area contributed by atoms with Crippen LogP contribution in [0.3, 0.4) is 0 Å². The molecular weight excluding hydrogens is 390 g/mol.